The van der Waals surface area contributed by atoms with Crippen molar-refractivity contribution in [2.24, 2.45) is 0 Å². The van der Waals surface area contributed by atoms with E-state index in [1.807, 2.05) is 0 Å². The predicted molar refractivity (Wildman–Crippen MR) is 20.1 cm³/mol. The van der Waals surface area contributed by atoms with Crippen molar-refractivity contribution >= 4 is 47.3 Å². The van der Waals surface area contributed by atoms with Crippen molar-refractivity contribution < 1.29 is 15.0 Å². The minimum atomic E-state index is -2.33. The van der Waals surface area contributed by atoms with Gasteiger partial charge in [0.2, 0.25) is 0 Å². The van der Waals surface area contributed by atoms with E-state index in [-0.39, 0.29) is 0 Å². The maximum absolute atomic E-state index is 8.33. The van der Waals surface area contributed by atoms with Gasteiger partial charge >= 0.3 is 41.1 Å². The molecule has 7 radical (unpaired) electrons. The van der Waals surface area contributed by atoms with Crippen LogP contribution < -0.4 is 10.2 Å². The Bertz CT molecular complexity index is 33.8. The third kappa shape index (κ3) is 94.9. The zero-order valence-corrected chi connectivity index (χ0v) is 5.98. The van der Waals surface area contributed by atoms with Gasteiger partial charge in [-0.25, -0.2) is 0 Å². The second-order valence-corrected chi connectivity index (χ2v) is 0.250. The molecule has 0 bridgehead atoms. The van der Waals surface area contributed by atoms with Crippen molar-refractivity contribution in [3.05, 3.63) is 0 Å². The first-order valence-electron chi connectivity index (χ1n) is 0.929. The molecule has 0 aromatic heterocycles. The third-order valence-electron chi connectivity index (χ3n) is 0. The van der Waals surface area contributed by atoms with Crippen LogP contribution in [0.5, 0.6) is 0 Å². The van der Waals surface area contributed by atoms with E-state index >= 15 is 0 Å². The van der Waals surface area contributed by atoms with Crippen molar-refractivity contribution in [3.63, 3.8) is 0 Å². The fourth-order valence-corrected chi connectivity index (χ4v) is 0. The van der Waals surface area contributed by atoms with Gasteiger partial charge in [0, 0.05) is 0 Å². The van der Waals surface area contributed by atoms with Crippen molar-refractivity contribution in [3.8, 4) is 0 Å². The molecule has 0 N–H and O–H groups in total. The molecule has 0 spiro atoms. The summed E-state index contributed by atoms with van der Waals surface area (Å²) < 4.78 is 0. The molecule has 0 atom stereocenters. The van der Waals surface area contributed by atoms with Gasteiger partial charge in [-0.1, -0.05) is 0 Å². The van der Waals surface area contributed by atoms with Gasteiger partial charge in [-0.05, 0) is 6.16 Å². The van der Waals surface area contributed by atoms with E-state index in [0.29, 0.717) is 0 Å². The van der Waals surface area contributed by atoms with Crippen molar-refractivity contribution in [1.82, 2.24) is 0 Å². The van der Waals surface area contributed by atoms with Gasteiger partial charge in [0.05, 0.1) is 0 Å². The number of carbonyl (C=O) groups is 1. The Hall–Kier alpha value is 0.880. The topological polar surface area (TPSA) is 63.2 Å². The molecule has 3 nitrogen and oxygen atoms in total. The summed E-state index contributed by atoms with van der Waals surface area (Å²) in [5.41, 5.74) is 0. The van der Waals surface area contributed by atoms with Crippen LogP contribution in [-0.2, 0) is 0 Å². The Balaban J connectivity index is 0. The van der Waals surface area contributed by atoms with E-state index in [9.17, 15) is 0 Å². The summed E-state index contributed by atoms with van der Waals surface area (Å²) in [4.78, 5) is 8.33. The average molecular weight is 133 g/mol. The predicted octanol–water partition coefficient (Wildman–Crippen LogP) is -2.45. The molecule has 0 rings (SSSR count). The van der Waals surface area contributed by atoms with Crippen LogP contribution in [0.15, 0.2) is 0 Å². The van der Waals surface area contributed by atoms with Crippen LogP contribution in [0.3, 0.4) is 0 Å². The first-order chi connectivity index (χ1) is 2.73. The zero-order chi connectivity index (χ0) is 5.58. The molecule has 0 heterocycles. The number of rotatable bonds is 0. The van der Waals surface area contributed by atoms with Gasteiger partial charge in [0.25, 0.3) is 0 Å². The second kappa shape index (κ2) is 9.30. The fraction of sp³-hybridized carbons (Fsp3) is 0. The summed E-state index contributed by atoms with van der Waals surface area (Å²) >= 11 is 1.07. The first kappa shape index (κ1) is 9.99. The molecule has 0 aromatic rings. The normalized spacial score (nSPS) is 5.00. The van der Waals surface area contributed by atoms with Gasteiger partial charge < -0.3 is 15.0 Å². The Kier molecular flexibility index (Phi) is 15.5. The van der Waals surface area contributed by atoms with Crippen molar-refractivity contribution in [1.29, 1.82) is 0 Å². The summed E-state index contributed by atoms with van der Waals surface area (Å²) in [6.07, 6.45) is -2.33. The van der Waals surface area contributed by atoms with Crippen LogP contribution in [0.25, 0.3) is 0 Å². The molecule has 0 saturated heterocycles. The second-order valence-electron chi connectivity index (χ2n) is 0.250. The van der Waals surface area contributed by atoms with E-state index in [4.69, 9.17) is 15.0 Å². The van der Waals surface area contributed by atoms with Crippen LogP contribution in [-0.4, -0.2) is 40.1 Å². The number of carboxylic acid groups (broad SMARTS) is 2. The summed E-state index contributed by atoms with van der Waals surface area (Å²) in [6.45, 7) is 0. The molecule has 0 amide bonds. The average Bonchev–Trinajstić information content (AvgIpc) is 1.41. The Morgan fingerprint density at radius 1 is 1.50 bits per heavy atom. The van der Waals surface area contributed by atoms with Crippen LogP contribution in [0, 0.1) is 0 Å². The number of carbonyl (C=O) groups excluding carboxylic acids is 1. The van der Waals surface area contributed by atoms with E-state index in [1.165, 1.54) is 0 Å². The van der Waals surface area contributed by atoms with Gasteiger partial charge in [-0.15, -0.1) is 0 Å². The SMILES string of the molecule is O=C([O-])[O-].[SH][Ca+2]. The molecule has 0 aromatic carbocycles. The quantitative estimate of drug-likeness (QED) is 0.295. The maximum atomic E-state index is 8.33. The molecule has 0 aliphatic rings. The minimum absolute atomic E-state index is 1.07. The fourth-order valence-electron chi connectivity index (χ4n) is 0. The Morgan fingerprint density at radius 2 is 1.50 bits per heavy atom. The van der Waals surface area contributed by atoms with E-state index in [1.54, 1.807) is 0 Å². The number of hydrogen-bond donors (Lipinski definition) is 1. The standard InChI is InChI=1S/CH2O3.Ca.H2S/c2-1(3)4;;/h(H2,2,3,4);;1H2/q;+3;/p-3. The Labute approximate surface area is 61.7 Å². The first-order valence-corrected chi connectivity index (χ1v) is 4.52. The summed E-state index contributed by atoms with van der Waals surface area (Å²) in [6, 6.07) is 0. The molecule has 0 aliphatic carbocycles. The molecule has 6 heavy (non-hydrogen) atoms. The molecule has 0 aliphatic heterocycles. The third-order valence-corrected chi connectivity index (χ3v) is 0. The molecular weight excluding hydrogens is 132 g/mol. The van der Waals surface area contributed by atoms with Crippen LogP contribution in [0.4, 0.5) is 4.79 Å². The van der Waals surface area contributed by atoms with Crippen molar-refractivity contribution in [2.75, 3.05) is 0 Å². The van der Waals surface area contributed by atoms with Crippen LogP contribution in [0.1, 0.15) is 0 Å². The van der Waals surface area contributed by atoms with E-state index in [2.05, 4.69) is 7.16 Å². The van der Waals surface area contributed by atoms with Crippen LogP contribution >= 0.6 is 7.16 Å². The van der Waals surface area contributed by atoms with Gasteiger partial charge in [0.15, 0.2) is 0 Å². The molecule has 0 unspecified atom stereocenters. The summed E-state index contributed by atoms with van der Waals surface area (Å²) in [5, 5.41) is 16.7. The zero-order valence-electron chi connectivity index (χ0n) is 2.88. The van der Waals surface area contributed by atoms with Gasteiger partial charge in [-0.2, -0.15) is 0 Å². The van der Waals surface area contributed by atoms with Gasteiger partial charge in [-0.3, -0.25) is 0 Å². The van der Waals surface area contributed by atoms with Gasteiger partial charge in [0.1, 0.15) is 0 Å². The molecule has 5 heteroatoms. The summed E-state index contributed by atoms with van der Waals surface area (Å²) in [5.74, 6) is 0. The Morgan fingerprint density at radius 3 is 1.50 bits per heavy atom. The number of thiol groups is 1. The molecular formula is CHCaO3S. The van der Waals surface area contributed by atoms with E-state index < -0.39 is 6.16 Å². The molecule has 31 valence electrons. The monoisotopic (exact) mass is 133 g/mol. The van der Waals surface area contributed by atoms with Crippen LogP contribution in [0.2, 0.25) is 0 Å². The number of hydrogen-bond acceptors (Lipinski definition) is 4. The molecule has 0 fully saturated rings. The van der Waals surface area contributed by atoms with E-state index in [0.717, 1.165) is 34.0 Å². The van der Waals surface area contributed by atoms with Crippen molar-refractivity contribution in [2.45, 2.75) is 0 Å². The molecule has 0 saturated carbocycles. The summed E-state index contributed by atoms with van der Waals surface area (Å²) in [7, 11) is 3.65.